The van der Waals surface area contributed by atoms with Crippen molar-refractivity contribution in [2.45, 2.75) is 57.8 Å². The third kappa shape index (κ3) is 18.7. The fourth-order valence-electron chi connectivity index (χ4n) is 6.84. The maximum absolute atomic E-state index is 12.4. The number of amides is 2. The largest absolute Gasteiger partial charge is 0.399 e. The van der Waals surface area contributed by atoms with Crippen LogP contribution in [0.1, 0.15) is 55.5 Å². The number of carbonyl (C=O) groups is 4. The number of carbonyl (C=O) groups excluding carboxylic acids is 4. The summed E-state index contributed by atoms with van der Waals surface area (Å²) >= 11 is 0. The van der Waals surface area contributed by atoms with Crippen LogP contribution in [0, 0.1) is 5.92 Å². The van der Waals surface area contributed by atoms with Gasteiger partial charge in [-0.15, -0.1) is 0 Å². The van der Waals surface area contributed by atoms with Crippen molar-refractivity contribution in [1.29, 1.82) is 0 Å². The first-order valence-corrected chi connectivity index (χ1v) is 21.7. The number of anilines is 2. The van der Waals surface area contributed by atoms with Crippen molar-refractivity contribution in [3.05, 3.63) is 145 Å². The van der Waals surface area contributed by atoms with E-state index in [1.807, 2.05) is 41.3 Å². The molecule has 5 N–H and O–H groups in total. The fraction of sp³-hybridized carbons (Fsp3) is 0.404. The number of piperidine rings is 3. The van der Waals surface area contributed by atoms with E-state index in [4.69, 9.17) is 11.5 Å². The molecule has 6 heterocycles. The van der Waals surface area contributed by atoms with E-state index in [1.165, 1.54) is 43.9 Å². The summed E-state index contributed by atoms with van der Waals surface area (Å²) in [7, 11) is 4.71. The molecule has 2 aromatic carbocycles. The second-order valence-corrected chi connectivity index (χ2v) is 15.8. The van der Waals surface area contributed by atoms with E-state index in [-0.39, 0.29) is 47.1 Å². The number of benzene rings is 2. The van der Waals surface area contributed by atoms with Crippen LogP contribution in [-0.2, 0) is 59.6 Å². The van der Waals surface area contributed by atoms with Crippen molar-refractivity contribution in [2.24, 2.45) is 27.1 Å². The Morgan fingerprint density at radius 2 is 0.985 bits per heavy atom. The number of hydrogen-bond acceptors (Lipinski definition) is 13. The van der Waals surface area contributed by atoms with Gasteiger partial charge < -0.3 is 26.6 Å². The summed E-state index contributed by atoms with van der Waals surface area (Å²) < 4.78 is 3.67. The number of aromatic nitrogens is 6. The molecule has 3 aliphatic rings. The summed E-state index contributed by atoms with van der Waals surface area (Å²) in [4.78, 5) is 82.6. The predicted octanol–water partition coefficient (Wildman–Crippen LogP) is 1.89. The van der Waals surface area contributed by atoms with E-state index in [1.54, 1.807) is 38.2 Å². The quantitative estimate of drug-likeness (QED) is 0.207. The topological polar surface area (TPSA) is 244 Å². The first kappa shape index (κ1) is 50.6. The molecular formula is C47H61N11O7. The SMILES string of the molecule is Cn1nc(CC(=O)N2CCC(=O)CC2)ccc1=O.Cn1nc(CC(=O)N2CCC(Cc3ccccc3)CC2)ccc1=O.Cn1nc(N)ccc1=O.Nc1ccccc1.O=C1CCNCC1. The third-order valence-electron chi connectivity index (χ3n) is 10.6. The van der Waals surface area contributed by atoms with E-state index >= 15 is 0 Å². The highest BCUT2D eigenvalue weighted by molar-refractivity contribution is 5.84. The first-order chi connectivity index (χ1) is 31.2. The molecule has 0 spiro atoms. The van der Waals surface area contributed by atoms with Gasteiger partial charge in [-0.05, 0) is 61.1 Å². The minimum Gasteiger partial charge on any atom is -0.399 e. The number of Topliss-reactive ketones (excluding diaryl/α,β-unsaturated/α-hetero) is 2. The second kappa shape index (κ2) is 26.5. The lowest BCUT2D eigenvalue weighted by molar-refractivity contribution is -0.134. The van der Waals surface area contributed by atoms with E-state index in [0.29, 0.717) is 54.8 Å². The van der Waals surface area contributed by atoms with Crippen LogP contribution in [-0.4, -0.2) is 102 Å². The molecule has 0 saturated carbocycles. The summed E-state index contributed by atoms with van der Waals surface area (Å²) in [5.74, 6) is 1.66. The van der Waals surface area contributed by atoms with E-state index < -0.39 is 0 Å². The Morgan fingerprint density at radius 1 is 0.554 bits per heavy atom. The summed E-state index contributed by atoms with van der Waals surface area (Å²) in [5, 5.41) is 14.9. The lowest BCUT2D eigenvalue weighted by Gasteiger charge is -2.32. The van der Waals surface area contributed by atoms with Crippen molar-refractivity contribution in [1.82, 2.24) is 44.5 Å². The zero-order valence-electron chi connectivity index (χ0n) is 37.5. The van der Waals surface area contributed by atoms with Gasteiger partial charge in [0.15, 0.2) is 0 Å². The molecule has 3 fully saturated rings. The van der Waals surface area contributed by atoms with Crippen LogP contribution in [0.25, 0.3) is 0 Å². The standard InChI is InChI=1S/C19H23N3O2.C12H15N3O3.C6H7N.C5H7N3O.C5H9NO/c1-21-18(23)8-7-17(20-21)14-19(24)22-11-9-16(10-12-22)13-15-5-3-2-4-6-15;1-14-11(17)3-2-9(13-14)8-12(18)15-6-4-10(16)5-7-15;7-6-4-2-1-3-5-6;1-8-5(9)3-2-4(6)7-8;7-5-1-3-6-4-2-5/h2-8,16H,9-14H2,1H3;2-3H,4-8H2,1H3;1-5H,7H2;2-3H,1H3,(H2,6,7);6H,1-4H2. The first-order valence-electron chi connectivity index (χ1n) is 21.7. The molecule has 0 radical (unpaired) electrons. The Bertz CT molecular complexity index is 2460. The van der Waals surface area contributed by atoms with Crippen molar-refractivity contribution in [3.8, 4) is 0 Å². The van der Waals surface area contributed by atoms with Crippen molar-refractivity contribution in [3.63, 3.8) is 0 Å². The zero-order chi connectivity index (χ0) is 47.1. The Kier molecular flexibility index (Phi) is 20.6. The molecule has 65 heavy (non-hydrogen) atoms. The number of rotatable bonds is 6. The molecule has 0 bridgehead atoms. The van der Waals surface area contributed by atoms with Gasteiger partial charge in [-0.2, -0.15) is 15.3 Å². The minimum absolute atomic E-state index is 0.0475. The molecule has 0 aliphatic carbocycles. The molecule has 346 valence electrons. The minimum atomic E-state index is -0.199. The van der Waals surface area contributed by atoms with Crippen molar-refractivity contribution in [2.75, 3.05) is 50.7 Å². The summed E-state index contributed by atoms with van der Waals surface area (Å²) in [6.07, 6.45) is 5.95. The van der Waals surface area contributed by atoms with Gasteiger partial charge in [-0.3, -0.25) is 33.6 Å². The lowest BCUT2D eigenvalue weighted by atomic mass is 9.90. The van der Waals surface area contributed by atoms with Crippen LogP contribution in [0.5, 0.6) is 0 Å². The summed E-state index contributed by atoms with van der Waals surface area (Å²) in [5.41, 5.74) is 13.5. The number of para-hydroxylation sites is 1. The molecule has 3 saturated heterocycles. The highest BCUT2D eigenvalue weighted by atomic mass is 16.2. The van der Waals surface area contributed by atoms with Gasteiger partial charge in [0, 0.05) is 110 Å². The van der Waals surface area contributed by atoms with Crippen molar-refractivity contribution >= 4 is 34.9 Å². The molecule has 0 atom stereocenters. The Morgan fingerprint density at radius 3 is 1.38 bits per heavy atom. The van der Waals surface area contributed by atoms with Gasteiger partial charge in [-0.25, -0.2) is 14.0 Å². The highest BCUT2D eigenvalue weighted by Crippen LogP contribution is 2.22. The zero-order valence-corrected chi connectivity index (χ0v) is 37.5. The fourth-order valence-corrected chi connectivity index (χ4v) is 6.84. The molecule has 0 unspecified atom stereocenters. The van der Waals surface area contributed by atoms with Crippen LogP contribution < -0.4 is 33.5 Å². The van der Waals surface area contributed by atoms with Crippen LogP contribution in [0.4, 0.5) is 11.5 Å². The van der Waals surface area contributed by atoms with Gasteiger partial charge >= 0.3 is 0 Å². The van der Waals surface area contributed by atoms with E-state index in [2.05, 4.69) is 44.9 Å². The number of aryl methyl sites for hydroxylation is 3. The molecule has 8 rings (SSSR count). The van der Waals surface area contributed by atoms with Gasteiger partial charge in [0.25, 0.3) is 16.7 Å². The van der Waals surface area contributed by atoms with E-state index in [0.717, 1.165) is 64.0 Å². The third-order valence-corrected chi connectivity index (χ3v) is 10.6. The number of nitrogen functional groups attached to an aromatic ring is 2. The lowest BCUT2D eigenvalue weighted by Crippen LogP contribution is -2.40. The van der Waals surface area contributed by atoms with Crippen molar-refractivity contribution < 1.29 is 19.2 Å². The van der Waals surface area contributed by atoms with Crippen LogP contribution >= 0.6 is 0 Å². The second-order valence-electron chi connectivity index (χ2n) is 15.8. The van der Waals surface area contributed by atoms with Crippen LogP contribution in [0.15, 0.2) is 111 Å². The highest BCUT2D eigenvalue weighted by Gasteiger charge is 2.24. The number of likely N-dealkylation sites (tertiary alicyclic amines) is 2. The number of nitrogens with two attached hydrogens (primary N) is 2. The Hall–Kier alpha value is -7.08. The van der Waals surface area contributed by atoms with Crippen LogP contribution in [0.2, 0.25) is 0 Å². The number of hydrogen-bond donors (Lipinski definition) is 3. The van der Waals surface area contributed by atoms with Gasteiger partial charge in [-0.1, -0.05) is 48.5 Å². The van der Waals surface area contributed by atoms with Crippen LogP contribution in [0.3, 0.4) is 0 Å². The molecule has 5 aromatic rings. The number of nitrogens with zero attached hydrogens (tertiary/aromatic N) is 8. The summed E-state index contributed by atoms with van der Waals surface area (Å²) in [6, 6.07) is 28.9. The molecule has 18 nitrogen and oxygen atoms in total. The van der Waals surface area contributed by atoms with Gasteiger partial charge in [0.05, 0.1) is 24.2 Å². The molecule has 2 amide bonds. The molecule has 18 heteroatoms. The van der Waals surface area contributed by atoms with Gasteiger partial charge in [0.1, 0.15) is 17.4 Å². The number of nitrogens with one attached hydrogen (secondary N) is 1. The average molecular weight is 892 g/mol. The Labute approximate surface area is 378 Å². The summed E-state index contributed by atoms with van der Waals surface area (Å²) in [6.45, 7) is 4.37. The van der Waals surface area contributed by atoms with E-state index in [9.17, 15) is 33.6 Å². The average Bonchev–Trinajstić information content (AvgIpc) is 3.30. The normalized spacial score (nSPS) is 14.8. The monoisotopic (exact) mass is 891 g/mol. The number of ketones is 2. The molecule has 3 aliphatic heterocycles. The maximum atomic E-state index is 12.4. The molecule has 3 aromatic heterocycles. The smallest absolute Gasteiger partial charge is 0.266 e. The molecular weight excluding hydrogens is 831 g/mol. The Balaban J connectivity index is 0.000000196. The maximum Gasteiger partial charge on any atom is 0.266 e. The van der Waals surface area contributed by atoms with Gasteiger partial charge in [0.2, 0.25) is 11.8 Å². The predicted molar refractivity (Wildman–Crippen MR) is 248 cm³/mol.